The number of hydrogen-bond donors (Lipinski definition) is 2. The van der Waals surface area contributed by atoms with E-state index < -0.39 is 5.97 Å². The lowest BCUT2D eigenvalue weighted by molar-refractivity contribution is 0.0695. The molecule has 104 valence electrons. The van der Waals surface area contributed by atoms with Crippen molar-refractivity contribution < 1.29 is 14.7 Å². The van der Waals surface area contributed by atoms with E-state index in [0.717, 1.165) is 5.56 Å². The molecule has 1 heterocycles. The summed E-state index contributed by atoms with van der Waals surface area (Å²) in [7, 11) is 1.70. The van der Waals surface area contributed by atoms with Crippen LogP contribution in [-0.2, 0) is 6.42 Å². The van der Waals surface area contributed by atoms with Crippen molar-refractivity contribution in [3.05, 3.63) is 59.4 Å². The number of H-pyrrole nitrogens is 1. The number of aromatic nitrogens is 1. The summed E-state index contributed by atoms with van der Waals surface area (Å²) in [5.74, 6) is -1.05. The Labute approximate surface area is 116 Å². The third-order valence-corrected chi connectivity index (χ3v) is 3.14. The van der Waals surface area contributed by atoms with Crippen molar-refractivity contribution in [2.45, 2.75) is 6.42 Å². The lowest BCUT2D eigenvalue weighted by Crippen LogP contribution is -2.29. The lowest BCUT2D eigenvalue weighted by Gasteiger charge is -2.17. The average Bonchev–Trinajstić information content (AvgIpc) is 2.98. The van der Waals surface area contributed by atoms with E-state index in [0.29, 0.717) is 18.7 Å². The van der Waals surface area contributed by atoms with Gasteiger partial charge in [-0.2, -0.15) is 0 Å². The molecule has 0 saturated heterocycles. The first kappa shape index (κ1) is 13.9. The van der Waals surface area contributed by atoms with Crippen LogP contribution in [0.25, 0.3) is 0 Å². The number of nitrogens with one attached hydrogen (secondary N) is 1. The van der Waals surface area contributed by atoms with Crippen molar-refractivity contribution in [2.75, 3.05) is 13.6 Å². The minimum Gasteiger partial charge on any atom is -0.478 e. The fraction of sp³-hybridized carbons (Fsp3) is 0.200. The third-order valence-electron chi connectivity index (χ3n) is 3.14. The number of likely N-dealkylation sites (N-methyl/N-ethyl adjacent to an activating group) is 1. The predicted octanol–water partition coefficient (Wildman–Crippen LogP) is 2.03. The monoisotopic (exact) mass is 272 g/mol. The highest BCUT2D eigenvalue weighted by molar-refractivity contribution is 5.92. The van der Waals surface area contributed by atoms with Crippen molar-refractivity contribution in [2.24, 2.45) is 0 Å². The second kappa shape index (κ2) is 6.06. The normalized spacial score (nSPS) is 10.2. The zero-order valence-corrected chi connectivity index (χ0v) is 11.2. The standard InChI is InChI=1S/C15H16N2O3/c1-17(14(18)13-7-4-9-16-13)10-8-11-5-2-3-6-12(11)15(19)20/h2-7,9,16H,8,10H2,1H3,(H,19,20). The Kier molecular flexibility index (Phi) is 4.20. The van der Waals surface area contributed by atoms with Crippen LogP contribution in [0.15, 0.2) is 42.6 Å². The van der Waals surface area contributed by atoms with Gasteiger partial charge < -0.3 is 15.0 Å². The van der Waals surface area contributed by atoms with Gasteiger partial charge in [0.1, 0.15) is 5.69 Å². The molecule has 0 saturated carbocycles. The van der Waals surface area contributed by atoms with Gasteiger partial charge in [0.15, 0.2) is 0 Å². The molecule has 1 aromatic carbocycles. The number of nitrogens with zero attached hydrogens (tertiary/aromatic N) is 1. The molecule has 2 aromatic rings. The summed E-state index contributed by atoms with van der Waals surface area (Å²) in [6.45, 7) is 0.460. The molecule has 0 atom stereocenters. The molecule has 20 heavy (non-hydrogen) atoms. The van der Waals surface area contributed by atoms with Gasteiger partial charge >= 0.3 is 5.97 Å². The minimum atomic E-state index is -0.945. The summed E-state index contributed by atoms with van der Waals surface area (Å²) in [5.41, 5.74) is 1.54. The number of carboxylic acid groups (broad SMARTS) is 1. The van der Waals surface area contributed by atoms with Gasteiger partial charge in [0.25, 0.3) is 5.91 Å². The first-order valence-corrected chi connectivity index (χ1v) is 6.29. The van der Waals surface area contributed by atoms with E-state index in [-0.39, 0.29) is 11.5 Å². The van der Waals surface area contributed by atoms with Crippen molar-refractivity contribution in [3.8, 4) is 0 Å². The molecular formula is C15H16N2O3. The molecule has 5 heteroatoms. The second-order valence-corrected chi connectivity index (χ2v) is 4.52. The quantitative estimate of drug-likeness (QED) is 0.874. The van der Waals surface area contributed by atoms with Crippen LogP contribution in [-0.4, -0.2) is 40.5 Å². The molecule has 5 nitrogen and oxygen atoms in total. The highest BCUT2D eigenvalue weighted by Crippen LogP contribution is 2.10. The van der Waals surface area contributed by atoms with E-state index in [2.05, 4.69) is 4.98 Å². The lowest BCUT2D eigenvalue weighted by atomic mass is 10.0. The Morgan fingerprint density at radius 1 is 1.20 bits per heavy atom. The summed E-state index contributed by atoms with van der Waals surface area (Å²) >= 11 is 0. The zero-order chi connectivity index (χ0) is 14.5. The number of hydrogen-bond acceptors (Lipinski definition) is 2. The Morgan fingerprint density at radius 3 is 2.60 bits per heavy atom. The van der Waals surface area contributed by atoms with Gasteiger partial charge in [0.2, 0.25) is 0 Å². The van der Waals surface area contributed by atoms with Crippen LogP contribution >= 0.6 is 0 Å². The Bertz CT molecular complexity index is 605. The molecular weight excluding hydrogens is 256 g/mol. The highest BCUT2D eigenvalue weighted by Gasteiger charge is 2.14. The fourth-order valence-corrected chi connectivity index (χ4v) is 2.01. The molecule has 2 rings (SSSR count). The van der Waals surface area contributed by atoms with Crippen LogP contribution < -0.4 is 0 Å². The molecule has 0 radical (unpaired) electrons. The predicted molar refractivity (Wildman–Crippen MR) is 74.9 cm³/mol. The molecule has 1 aromatic heterocycles. The molecule has 0 bridgehead atoms. The number of carboxylic acids is 1. The van der Waals surface area contributed by atoms with Crippen LogP contribution in [0.1, 0.15) is 26.4 Å². The van der Waals surface area contributed by atoms with E-state index in [4.69, 9.17) is 5.11 Å². The summed E-state index contributed by atoms with van der Waals surface area (Å²) in [6.07, 6.45) is 2.20. The average molecular weight is 272 g/mol. The number of rotatable bonds is 5. The number of amides is 1. The highest BCUT2D eigenvalue weighted by atomic mass is 16.4. The molecule has 0 spiro atoms. The number of benzene rings is 1. The van der Waals surface area contributed by atoms with Crippen LogP contribution in [0.5, 0.6) is 0 Å². The maximum absolute atomic E-state index is 12.0. The van der Waals surface area contributed by atoms with Gasteiger partial charge in [-0.25, -0.2) is 4.79 Å². The van der Waals surface area contributed by atoms with Crippen molar-refractivity contribution in [1.82, 2.24) is 9.88 Å². The van der Waals surface area contributed by atoms with E-state index in [1.165, 1.54) is 0 Å². The topological polar surface area (TPSA) is 73.4 Å². The van der Waals surface area contributed by atoms with Crippen LogP contribution in [0, 0.1) is 0 Å². The Morgan fingerprint density at radius 2 is 1.95 bits per heavy atom. The largest absolute Gasteiger partial charge is 0.478 e. The first-order valence-electron chi connectivity index (χ1n) is 6.29. The minimum absolute atomic E-state index is 0.109. The van der Waals surface area contributed by atoms with E-state index in [1.807, 2.05) is 0 Å². The second-order valence-electron chi connectivity index (χ2n) is 4.52. The molecule has 0 aliphatic heterocycles. The van der Waals surface area contributed by atoms with Gasteiger partial charge in [-0.15, -0.1) is 0 Å². The van der Waals surface area contributed by atoms with Crippen LogP contribution in [0.4, 0.5) is 0 Å². The maximum atomic E-state index is 12.0. The summed E-state index contributed by atoms with van der Waals surface area (Å²) in [6, 6.07) is 10.3. The van der Waals surface area contributed by atoms with Crippen molar-refractivity contribution in [3.63, 3.8) is 0 Å². The van der Waals surface area contributed by atoms with Crippen molar-refractivity contribution >= 4 is 11.9 Å². The van der Waals surface area contributed by atoms with Gasteiger partial charge in [-0.3, -0.25) is 4.79 Å². The Hall–Kier alpha value is -2.56. The molecule has 2 N–H and O–H groups in total. The number of carbonyl (C=O) groups excluding carboxylic acids is 1. The molecule has 0 aliphatic carbocycles. The summed E-state index contributed by atoms with van der Waals surface area (Å²) in [5, 5.41) is 9.10. The maximum Gasteiger partial charge on any atom is 0.335 e. The SMILES string of the molecule is CN(CCc1ccccc1C(=O)O)C(=O)c1ccc[nH]1. The summed E-state index contributed by atoms with van der Waals surface area (Å²) < 4.78 is 0. The van der Waals surface area contributed by atoms with Gasteiger partial charge in [0.05, 0.1) is 5.56 Å². The molecule has 1 amide bonds. The molecule has 0 fully saturated rings. The van der Waals surface area contributed by atoms with Crippen LogP contribution in [0.2, 0.25) is 0 Å². The fourth-order valence-electron chi connectivity index (χ4n) is 2.01. The molecule has 0 unspecified atom stereocenters. The van der Waals surface area contributed by atoms with E-state index in [1.54, 1.807) is 54.5 Å². The van der Waals surface area contributed by atoms with Crippen LogP contribution in [0.3, 0.4) is 0 Å². The summed E-state index contributed by atoms with van der Waals surface area (Å²) in [4.78, 5) is 27.6. The van der Waals surface area contributed by atoms with E-state index in [9.17, 15) is 9.59 Å². The van der Waals surface area contributed by atoms with Gasteiger partial charge in [-0.1, -0.05) is 18.2 Å². The molecule has 0 aliphatic rings. The third kappa shape index (κ3) is 3.06. The first-order chi connectivity index (χ1) is 9.59. The smallest absolute Gasteiger partial charge is 0.335 e. The van der Waals surface area contributed by atoms with E-state index >= 15 is 0 Å². The number of aromatic amines is 1. The number of carbonyl (C=O) groups is 2. The number of aromatic carboxylic acids is 1. The van der Waals surface area contributed by atoms with Crippen molar-refractivity contribution in [1.29, 1.82) is 0 Å². The Balaban J connectivity index is 2.02. The van der Waals surface area contributed by atoms with Gasteiger partial charge in [0, 0.05) is 19.8 Å². The van der Waals surface area contributed by atoms with Gasteiger partial charge in [-0.05, 0) is 30.2 Å². The zero-order valence-electron chi connectivity index (χ0n) is 11.2.